The van der Waals surface area contributed by atoms with E-state index in [4.69, 9.17) is 0 Å². The Morgan fingerprint density at radius 3 is 2.21 bits per heavy atom. The van der Waals surface area contributed by atoms with Crippen LogP contribution in [0.4, 0.5) is 0 Å². The topological polar surface area (TPSA) is 91.8 Å². The van der Waals surface area contributed by atoms with E-state index in [1.54, 1.807) is 0 Å². The fraction of sp³-hybridized carbons (Fsp3) is 0.476. The van der Waals surface area contributed by atoms with Crippen LogP contribution in [0.5, 0.6) is 0 Å². The maximum absolute atomic E-state index is 13.2. The fourth-order valence-electron chi connectivity index (χ4n) is 4.47. The van der Waals surface area contributed by atoms with E-state index in [1.807, 2.05) is 42.5 Å². The molecular weight excluding hydrogens is 392 g/mol. The summed E-state index contributed by atoms with van der Waals surface area (Å²) < 4.78 is 24.0. The van der Waals surface area contributed by atoms with Crippen molar-refractivity contribution in [2.75, 3.05) is 18.1 Å². The maximum atomic E-state index is 13.2. The molecule has 3 aliphatic rings. The molecule has 0 saturated carbocycles. The Balaban J connectivity index is 1.53. The van der Waals surface area contributed by atoms with Gasteiger partial charge in [0.05, 0.1) is 23.3 Å². The number of sulfone groups is 1. The van der Waals surface area contributed by atoms with E-state index in [1.165, 1.54) is 4.90 Å². The highest BCUT2D eigenvalue weighted by atomic mass is 32.2. The molecule has 2 saturated heterocycles. The van der Waals surface area contributed by atoms with Crippen molar-refractivity contribution in [1.82, 2.24) is 9.80 Å². The van der Waals surface area contributed by atoms with Crippen molar-refractivity contribution in [3.8, 4) is 0 Å². The first-order valence-corrected chi connectivity index (χ1v) is 11.7. The molecule has 0 N–H and O–H groups in total. The normalized spacial score (nSPS) is 27.9. The van der Waals surface area contributed by atoms with Crippen LogP contribution >= 0.6 is 0 Å². The molecule has 2 heterocycles. The minimum absolute atomic E-state index is 0.0492. The second-order valence-electron chi connectivity index (χ2n) is 7.98. The zero-order valence-corrected chi connectivity index (χ0v) is 16.9. The zero-order chi connectivity index (χ0) is 20.6. The molecule has 0 aromatic heterocycles. The highest BCUT2D eigenvalue weighted by Crippen LogP contribution is 2.35. The number of carbonyl (C=O) groups excluding carboxylic acids is 3. The first kappa shape index (κ1) is 19.8. The number of allylic oxidation sites excluding steroid dienone is 2. The first-order chi connectivity index (χ1) is 13.9. The highest BCUT2D eigenvalue weighted by Gasteiger charge is 2.48. The Labute approximate surface area is 170 Å². The molecule has 0 bridgehead atoms. The third-order valence-electron chi connectivity index (χ3n) is 6.06. The van der Waals surface area contributed by atoms with Crippen molar-refractivity contribution in [3.05, 3.63) is 48.0 Å². The van der Waals surface area contributed by atoms with Crippen molar-refractivity contribution in [2.24, 2.45) is 11.8 Å². The van der Waals surface area contributed by atoms with Gasteiger partial charge in [-0.25, -0.2) is 8.42 Å². The summed E-state index contributed by atoms with van der Waals surface area (Å²) in [7, 11) is -3.18. The molecule has 1 aromatic carbocycles. The number of hydrogen-bond acceptors (Lipinski definition) is 5. The van der Waals surface area contributed by atoms with Crippen LogP contribution < -0.4 is 0 Å². The van der Waals surface area contributed by atoms with Crippen LogP contribution in [0.15, 0.2) is 42.5 Å². The summed E-state index contributed by atoms with van der Waals surface area (Å²) in [6.07, 6.45) is 5.23. The predicted molar refractivity (Wildman–Crippen MR) is 106 cm³/mol. The number of imide groups is 1. The van der Waals surface area contributed by atoms with Crippen molar-refractivity contribution >= 4 is 27.6 Å². The lowest BCUT2D eigenvalue weighted by Gasteiger charge is -2.30. The van der Waals surface area contributed by atoms with Gasteiger partial charge < -0.3 is 4.90 Å². The van der Waals surface area contributed by atoms with Gasteiger partial charge in [0.1, 0.15) is 6.54 Å². The van der Waals surface area contributed by atoms with Crippen molar-refractivity contribution in [1.29, 1.82) is 0 Å². The summed E-state index contributed by atoms with van der Waals surface area (Å²) >= 11 is 0. The number of hydrogen-bond donors (Lipinski definition) is 0. The standard InChI is InChI=1S/C21H24N2O5S/c24-19(13-23-20(25)17-8-4-5-9-18(17)21(23)26)22(12-15-6-2-1-3-7-15)16-10-11-29(27,28)14-16/h1-7,16-18H,8-14H2/t16-,17+,18+/m1/s1. The first-order valence-electron chi connectivity index (χ1n) is 9.90. The van der Waals surface area contributed by atoms with Crippen LogP contribution in [0.2, 0.25) is 0 Å². The lowest BCUT2D eigenvalue weighted by Crippen LogP contribution is -2.47. The molecule has 2 aliphatic heterocycles. The van der Waals surface area contributed by atoms with Gasteiger partial charge >= 0.3 is 0 Å². The van der Waals surface area contributed by atoms with E-state index in [-0.39, 0.29) is 54.2 Å². The van der Waals surface area contributed by atoms with Gasteiger partial charge in [0.15, 0.2) is 9.84 Å². The molecule has 154 valence electrons. The van der Waals surface area contributed by atoms with Gasteiger partial charge in [-0.3, -0.25) is 19.3 Å². The third kappa shape index (κ3) is 3.99. The fourth-order valence-corrected chi connectivity index (χ4v) is 6.20. The molecule has 0 unspecified atom stereocenters. The SMILES string of the molecule is O=C1[C@H]2CC=CC[C@@H]2C(=O)N1CC(=O)N(Cc1ccccc1)[C@@H]1CCS(=O)(=O)C1. The van der Waals surface area contributed by atoms with Gasteiger partial charge in [-0.1, -0.05) is 42.5 Å². The number of amides is 3. The lowest BCUT2D eigenvalue weighted by molar-refractivity contribution is -0.147. The van der Waals surface area contributed by atoms with Crippen molar-refractivity contribution in [2.45, 2.75) is 31.8 Å². The summed E-state index contributed by atoms with van der Waals surface area (Å²) in [5.74, 6) is -1.77. The van der Waals surface area contributed by atoms with Gasteiger partial charge in [0, 0.05) is 12.6 Å². The highest BCUT2D eigenvalue weighted by molar-refractivity contribution is 7.91. The van der Waals surface area contributed by atoms with E-state index in [2.05, 4.69) is 0 Å². The summed E-state index contributed by atoms with van der Waals surface area (Å²) in [5.41, 5.74) is 0.877. The quantitative estimate of drug-likeness (QED) is 0.530. The average Bonchev–Trinajstić information content (AvgIpc) is 3.19. The molecular formula is C21H24N2O5S. The van der Waals surface area contributed by atoms with Crippen LogP contribution in [-0.4, -0.2) is 60.0 Å². The minimum Gasteiger partial charge on any atom is -0.333 e. The van der Waals surface area contributed by atoms with E-state index in [0.717, 1.165) is 10.5 Å². The maximum Gasteiger partial charge on any atom is 0.243 e. The molecule has 0 radical (unpaired) electrons. The summed E-state index contributed by atoms with van der Waals surface area (Å²) in [6, 6.07) is 8.88. The van der Waals surface area contributed by atoms with Gasteiger partial charge in [-0.15, -0.1) is 0 Å². The van der Waals surface area contributed by atoms with Crippen LogP contribution in [0.25, 0.3) is 0 Å². The van der Waals surface area contributed by atoms with Crippen molar-refractivity contribution in [3.63, 3.8) is 0 Å². The number of carbonyl (C=O) groups is 3. The number of nitrogens with zero attached hydrogens (tertiary/aromatic N) is 2. The van der Waals surface area contributed by atoms with Crippen LogP contribution in [0, 0.1) is 11.8 Å². The Morgan fingerprint density at radius 2 is 1.66 bits per heavy atom. The Kier molecular flexibility index (Phi) is 5.29. The van der Waals surface area contributed by atoms with E-state index >= 15 is 0 Å². The van der Waals surface area contributed by atoms with Gasteiger partial charge in [0.2, 0.25) is 17.7 Å². The number of likely N-dealkylation sites (tertiary alicyclic amines) is 1. The molecule has 7 nitrogen and oxygen atoms in total. The molecule has 0 spiro atoms. The van der Waals surface area contributed by atoms with Crippen LogP contribution in [-0.2, 0) is 30.8 Å². The van der Waals surface area contributed by atoms with Crippen LogP contribution in [0.1, 0.15) is 24.8 Å². The van der Waals surface area contributed by atoms with Crippen molar-refractivity contribution < 1.29 is 22.8 Å². The molecule has 3 atom stereocenters. The summed E-state index contributed by atoms with van der Waals surface area (Å²) in [4.78, 5) is 41.2. The third-order valence-corrected chi connectivity index (χ3v) is 7.81. The Hall–Kier alpha value is -2.48. The Morgan fingerprint density at radius 1 is 1.03 bits per heavy atom. The molecule has 2 fully saturated rings. The summed E-state index contributed by atoms with van der Waals surface area (Å²) in [6.45, 7) is -0.0709. The smallest absolute Gasteiger partial charge is 0.243 e. The Bertz CT molecular complexity index is 931. The number of benzene rings is 1. The molecule has 1 aliphatic carbocycles. The zero-order valence-electron chi connectivity index (χ0n) is 16.1. The van der Waals surface area contributed by atoms with Gasteiger partial charge in [0.25, 0.3) is 0 Å². The summed E-state index contributed by atoms with van der Waals surface area (Å²) in [5, 5.41) is 0. The average molecular weight is 416 g/mol. The number of fused-ring (bicyclic) bond motifs is 1. The van der Waals surface area contributed by atoms with E-state index in [0.29, 0.717) is 19.3 Å². The van der Waals surface area contributed by atoms with Gasteiger partial charge in [-0.2, -0.15) is 0 Å². The lowest BCUT2D eigenvalue weighted by atomic mass is 9.85. The molecule has 4 rings (SSSR count). The molecule has 29 heavy (non-hydrogen) atoms. The molecule has 8 heteroatoms. The monoisotopic (exact) mass is 416 g/mol. The minimum atomic E-state index is -3.18. The second-order valence-corrected chi connectivity index (χ2v) is 10.2. The van der Waals surface area contributed by atoms with E-state index < -0.39 is 15.9 Å². The van der Waals surface area contributed by atoms with Gasteiger partial charge in [-0.05, 0) is 24.8 Å². The largest absolute Gasteiger partial charge is 0.333 e. The molecule has 1 aromatic rings. The predicted octanol–water partition coefficient (Wildman–Crippen LogP) is 1.15. The number of rotatable bonds is 5. The molecule has 3 amide bonds. The van der Waals surface area contributed by atoms with E-state index in [9.17, 15) is 22.8 Å². The van der Waals surface area contributed by atoms with Crippen LogP contribution in [0.3, 0.4) is 0 Å². The second kappa shape index (κ2) is 7.74.